The van der Waals surface area contributed by atoms with Crippen molar-refractivity contribution in [3.05, 3.63) is 44.0 Å². The maximum absolute atomic E-state index is 12.4. The third-order valence-electron chi connectivity index (χ3n) is 4.66. The normalized spacial score (nSPS) is 20.1. The van der Waals surface area contributed by atoms with E-state index in [4.69, 9.17) is 4.74 Å². The predicted molar refractivity (Wildman–Crippen MR) is 86.0 cm³/mol. The van der Waals surface area contributed by atoms with Crippen molar-refractivity contribution >= 4 is 23.1 Å². The molecule has 9 heteroatoms. The molecule has 1 atom stereocenters. The monoisotopic (exact) mass is 350 g/mol. The van der Waals surface area contributed by atoms with E-state index < -0.39 is 26.9 Å². The number of nitrogens with zero attached hydrogens (tertiary/aromatic N) is 2. The van der Waals surface area contributed by atoms with Gasteiger partial charge in [0.05, 0.1) is 23.0 Å². The van der Waals surface area contributed by atoms with E-state index in [2.05, 4.69) is 0 Å². The predicted octanol–water partition coefficient (Wildman–Crippen LogP) is 2.74. The highest BCUT2D eigenvalue weighted by molar-refractivity contribution is 6.04. The zero-order valence-corrected chi connectivity index (χ0v) is 13.7. The lowest BCUT2D eigenvalue weighted by molar-refractivity contribution is -0.394. The van der Waals surface area contributed by atoms with Gasteiger partial charge in [0.2, 0.25) is 0 Å². The number of hydrogen-bond acceptors (Lipinski definition) is 7. The van der Waals surface area contributed by atoms with Crippen LogP contribution >= 0.6 is 0 Å². The minimum atomic E-state index is -1.29. The number of carbonyl (C=O) groups excluding carboxylic acids is 2. The Kier molecular flexibility index (Phi) is 5.45. The summed E-state index contributed by atoms with van der Waals surface area (Å²) in [6.45, 7) is 0. The molecular formula is C16H18N2O7. The van der Waals surface area contributed by atoms with Crippen LogP contribution in [0.1, 0.15) is 37.7 Å². The van der Waals surface area contributed by atoms with Gasteiger partial charge in [-0.05, 0) is 31.7 Å². The van der Waals surface area contributed by atoms with Crippen LogP contribution in [0.3, 0.4) is 0 Å². The zero-order chi connectivity index (χ0) is 18.6. The number of ketones is 1. The van der Waals surface area contributed by atoms with E-state index in [1.54, 1.807) is 0 Å². The van der Waals surface area contributed by atoms with Gasteiger partial charge >= 0.3 is 5.97 Å². The van der Waals surface area contributed by atoms with Crippen molar-refractivity contribution in [2.24, 2.45) is 5.41 Å². The number of hydrogen-bond donors (Lipinski definition) is 0. The van der Waals surface area contributed by atoms with Crippen molar-refractivity contribution in [3.8, 4) is 0 Å². The van der Waals surface area contributed by atoms with Crippen LogP contribution in [0.15, 0.2) is 18.2 Å². The van der Waals surface area contributed by atoms with Crippen molar-refractivity contribution < 1.29 is 24.2 Å². The van der Waals surface area contributed by atoms with Gasteiger partial charge in [-0.25, -0.2) is 0 Å². The average molecular weight is 350 g/mol. The number of carbonyl (C=O) groups is 2. The maximum Gasteiger partial charge on any atom is 0.319 e. The minimum Gasteiger partial charge on any atom is -0.468 e. The molecule has 1 aliphatic rings. The second kappa shape index (κ2) is 7.37. The van der Waals surface area contributed by atoms with Gasteiger partial charge < -0.3 is 4.74 Å². The van der Waals surface area contributed by atoms with Crippen LogP contribution in [0, 0.1) is 25.6 Å². The fourth-order valence-corrected chi connectivity index (χ4v) is 3.26. The molecule has 0 heterocycles. The van der Waals surface area contributed by atoms with Gasteiger partial charge in [0.15, 0.2) is 0 Å². The summed E-state index contributed by atoms with van der Waals surface area (Å²) in [5.74, 6) is -0.836. The molecule has 2 rings (SSSR count). The lowest BCUT2D eigenvalue weighted by atomic mass is 9.69. The quantitative estimate of drug-likeness (QED) is 0.334. The van der Waals surface area contributed by atoms with E-state index in [9.17, 15) is 29.8 Å². The molecule has 0 bridgehead atoms. The van der Waals surface area contributed by atoms with E-state index in [1.165, 1.54) is 19.2 Å². The summed E-state index contributed by atoms with van der Waals surface area (Å²) in [4.78, 5) is 45.2. The lowest BCUT2D eigenvalue weighted by Crippen LogP contribution is -2.43. The molecule has 0 aliphatic heterocycles. The topological polar surface area (TPSA) is 130 Å². The molecule has 0 N–H and O–H groups in total. The van der Waals surface area contributed by atoms with Gasteiger partial charge in [-0.1, -0.05) is 6.42 Å². The highest BCUT2D eigenvalue weighted by atomic mass is 16.6. The number of Topliss-reactive ketones (excluding diaryl/α,β-unsaturated/α-hetero) is 1. The van der Waals surface area contributed by atoms with Crippen molar-refractivity contribution in [3.63, 3.8) is 0 Å². The molecule has 0 unspecified atom stereocenters. The number of aryl methyl sites for hydroxylation is 1. The molecular weight excluding hydrogens is 332 g/mol. The molecule has 25 heavy (non-hydrogen) atoms. The fraction of sp³-hybridized carbons (Fsp3) is 0.500. The van der Waals surface area contributed by atoms with E-state index in [1.807, 2.05) is 0 Å². The Hall–Kier alpha value is -2.84. The third-order valence-corrected chi connectivity index (χ3v) is 4.66. The summed E-state index contributed by atoms with van der Waals surface area (Å²) < 4.78 is 4.80. The molecule has 1 aromatic carbocycles. The molecule has 0 saturated heterocycles. The highest BCUT2D eigenvalue weighted by Gasteiger charge is 2.47. The van der Waals surface area contributed by atoms with E-state index in [0.29, 0.717) is 19.3 Å². The van der Waals surface area contributed by atoms with Crippen molar-refractivity contribution in [2.45, 2.75) is 38.5 Å². The second-order valence-electron chi connectivity index (χ2n) is 6.03. The Bertz CT molecular complexity index is 721. The van der Waals surface area contributed by atoms with Crippen molar-refractivity contribution in [1.29, 1.82) is 0 Å². The van der Waals surface area contributed by atoms with Crippen LogP contribution in [0.5, 0.6) is 0 Å². The van der Waals surface area contributed by atoms with Crippen molar-refractivity contribution in [1.82, 2.24) is 0 Å². The molecule has 1 aliphatic carbocycles. The fourth-order valence-electron chi connectivity index (χ4n) is 3.26. The molecule has 0 amide bonds. The summed E-state index contributed by atoms with van der Waals surface area (Å²) >= 11 is 0. The van der Waals surface area contributed by atoms with Crippen LogP contribution in [-0.2, 0) is 20.7 Å². The number of nitro groups is 2. The van der Waals surface area contributed by atoms with Crippen LogP contribution in [0.2, 0.25) is 0 Å². The second-order valence-corrected chi connectivity index (χ2v) is 6.03. The Morgan fingerprint density at radius 2 is 1.96 bits per heavy atom. The largest absolute Gasteiger partial charge is 0.468 e. The average Bonchev–Trinajstić information content (AvgIpc) is 2.60. The van der Waals surface area contributed by atoms with Crippen LogP contribution < -0.4 is 0 Å². The molecule has 1 aromatic rings. The Morgan fingerprint density at radius 1 is 1.24 bits per heavy atom. The van der Waals surface area contributed by atoms with Gasteiger partial charge in [-0.3, -0.25) is 29.8 Å². The van der Waals surface area contributed by atoms with Crippen molar-refractivity contribution in [2.75, 3.05) is 7.11 Å². The first kappa shape index (κ1) is 18.5. The minimum absolute atomic E-state index is 0.0785. The maximum atomic E-state index is 12.4. The summed E-state index contributed by atoms with van der Waals surface area (Å²) in [6.07, 6.45) is 2.18. The van der Waals surface area contributed by atoms with Crippen LogP contribution in [-0.4, -0.2) is 28.7 Å². The first-order chi connectivity index (χ1) is 11.8. The number of non-ortho nitro benzene ring substituents is 1. The van der Waals surface area contributed by atoms with Gasteiger partial charge in [-0.15, -0.1) is 0 Å². The van der Waals surface area contributed by atoms with E-state index in [-0.39, 0.29) is 36.3 Å². The van der Waals surface area contributed by atoms with E-state index in [0.717, 1.165) is 6.07 Å². The molecule has 134 valence electrons. The number of nitro benzene ring substituents is 2. The Morgan fingerprint density at radius 3 is 2.52 bits per heavy atom. The molecule has 0 spiro atoms. The van der Waals surface area contributed by atoms with Gasteiger partial charge in [0.1, 0.15) is 11.2 Å². The summed E-state index contributed by atoms with van der Waals surface area (Å²) in [5.41, 5.74) is -1.82. The molecule has 0 aromatic heterocycles. The van der Waals surface area contributed by atoms with Gasteiger partial charge in [-0.2, -0.15) is 0 Å². The Labute approximate surface area is 143 Å². The molecule has 1 fully saturated rings. The standard InChI is InChI=1S/C16H18N2O7/c1-25-15(20)16(8-3-2-4-14(16)19)9-7-11-5-6-12(17(21)22)10-13(11)18(23)24/h5-6,10H,2-4,7-9H2,1H3/t16-/m1/s1. The van der Waals surface area contributed by atoms with Gasteiger partial charge in [0, 0.05) is 18.1 Å². The van der Waals surface area contributed by atoms with Crippen LogP contribution in [0.25, 0.3) is 0 Å². The lowest BCUT2D eigenvalue weighted by Gasteiger charge is -2.32. The smallest absolute Gasteiger partial charge is 0.319 e. The zero-order valence-electron chi connectivity index (χ0n) is 13.7. The summed E-state index contributed by atoms with van der Waals surface area (Å²) in [6, 6.07) is 3.37. The van der Waals surface area contributed by atoms with E-state index >= 15 is 0 Å². The SMILES string of the molecule is COC(=O)[C@@]1(CCc2ccc([N+](=O)[O-])cc2[N+](=O)[O-])CCCCC1=O. The highest BCUT2D eigenvalue weighted by Crippen LogP contribution is 2.39. The number of esters is 1. The van der Waals surface area contributed by atoms with Gasteiger partial charge in [0.25, 0.3) is 11.4 Å². The number of benzene rings is 1. The van der Waals surface area contributed by atoms with Crippen LogP contribution in [0.4, 0.5) is 11.4 Å². The Balaban J connectivity index is 2.32. The summed E-state index contributed by atoms with van der Waals surface area (Å²) in [7, 11) is 1.21. The first-order valence-electron chi connectivity index (χ1n) is 7.85. The first-order valence-corrected chi connectivity index (χ1v) is 7.85. The number of methoxy groups -OCH3 is 1. The molecule has 1 saturated carbocycles. The molecule has 0 radical (unpaired) electrons. The molecule has 9 nitrogen and oxygen atoms in total. The number of ether oxygens (including phenoxy) is 1. The number of rotatable bonds is 6. The summed E-state index contributed by atoms with van der Waals surface area (Å²) in [5, 5.41) is 22.0. The third kappa shape index (κ3) is 3.65.